The Bertz CT molecular complexity index is 286. The highest BCUT2D eigenvalue weighted by Crippen LogP contribution is 2.09. The fraction of sp³-hybridized carbons (Fsp3) is 0.667. The highest BCUT2D eigenvalue weighted by molar-refractivity contribution is 7.99. The van der Waals surface area contributed by atoms with Gasteiger partial charge in [-0.1, -0.05) is 13.8 Å². The van der Waals surface area contributed by atoms with E-state index >= 15 is 0 Å². The number of H-pyrrole nitrogens is 1. The number of nitrogens with zero attached hydrogens (tertiary/aromatic N) is 2. The van der Waals surface area contributed by atoms with Gasteiger partial charge in [-0.15, -0.1) is 0 Å². The van der Waals surface area contributed by atoms with Crippen molar-refractivity contribution in [2.24, 2.45) is 5.92 Å². The van der Waals surface area contributed by atoms with Crippen LogP contribution in [0.15, 0.2) is 6.33 Å². The molecule has 0 aliphatic heterocycles. The van der Waals surface area contributed by atoms with Crippen LogP contribution in [0.2, 0.25) is 0 Å². The zero-order valence-corrected chi connectivity index (χ0v) is 9.80. The molecule has 15 heavy (non-hydrogen) atoms. The van der Waals surface area contributed by atoms with Crippen LogP contribution in [-0.4, -0.2) is 32.6 Å². The van der Waals surface area contributed by atoms with Crippen molar-refractivity contribution in [3.63, 3.8) is 0 Å². The van der Waals surface area contributed by atoms with E-state index in [1.807, 2.05) is 0 Å². The number of nitrogens with one attached hydrogen (secondary N) is 2. The summed E-state index contributed by atoms with van der Waals surface area (Å²) in [4.78, 5) is 15.2. The Balaban J connectivity index is 2.09. The maximum absolute atomic E-state index is 11.3. The molecule has 1 amide bonds. The van der Waals surface area contributed by atoms with Crippen molar-refractivity contribution < 1.29 is 4.79 Å². The minimum atomic E-state index is -0.0250. The van der Waals surface area contributed by atoms with Crippen LogP contribution >= 0.6 is 11.8 Å². The van der Waals surface area contributed by atoms with Crippen LogP contribution in [-0.2, 0) is 4.79 Å². The molecule has 0 atom stereocenters. The fourth-order valence-corrected chi connectivity index (χ4v) is 1.91. The summed E-state index contributed by atoms with van der Waals surface area (Å²) in [6, 6.07) is 0. The number of hydrogen-bond acceptors (Lipinski definition) is 4. The Kier molecular flexibility index (Phi) is 5.17. The quantitative estimate of drug-likeness (QED) is 0.724. The third-order valence-electron chi connectivity index (χ3n) is 1.60. The molecule has 1 aromatic heterocycles. The molecule has 0 aliphatic carbocycles. The van der Waals surface area contributed by atoms with Gasteiger partial charge in [0.1, 0.15) is 6.33 Å². The average Bonchev–Trinajstić information content (AvgIpc) is 2.64. The summed E-state index contributed by atoms with van der Waals surface area (Å²) in [7, 11) is 0. The molecule has 0 unspecified atom stereocenters. The van der Waals surface area contributed by atoms with E-state index in [0.29, 0.717) is 18.3 Å². The monoisotopic (exact) mass is 228 g/mol. The predicted octanol–water partition coefficient (Wildman–Crippen LogP) is 1.52. The van der Waals surface area contributed by atoms with Crippen molar-refractivity contribution in [1.82, 2.24) is 15.2 Å². The number of thioether (sulfide) groups is 1. The van der Waals surface area contributed by atoms with Gasteiger partial charge < -0.3 is 0 Å². The molecule has 5 nitrogen and oxygen atoms in total. The molecule has 1 rings (SSSR count). The van der Waals surface area contributed by atoms with Gasteiger partial charge in [0, 0.05) is 12.2 Å². The van der Waals surface area contributed by atoms with E-state index in [-0.39, 0.29) is 5.91 Å². The van der Waals surface area contributed by atoms with Gasteiger partial charge in [0.25, 0.3) is 0 Å². The van der Waals surface area contributed by atoms with E-state index in [9.17, 15) is 4.79 Å². The van der Waals surface area contributed by atoms with E-state index in [0.717, 1.165) is 11.5 Å². The van der Waals surface area contributed by atoms with Crippen LogP contribution in [0.4, 0.5) is 5.95 Å². The maximum atomic E-state index is 11.3. The van der Waals surface area contributed by atoms with Crippen molar-refractivity contribution in [2.75, 3.05) is 16.8 Å². The SMILES string of the molecule is CC(C)CSCCC(=O)Nc1ncn[nH]1. The smallest absolute Gasteiger partial charge is 0.227 e. The number of carbonyl (C=O) groups excluding carboxylic acids is 1. The second-order valence-corrected chi connectivity index (χ2v) is 4.75. The van der Waals surface area contributed by atoms with Crippen LogP contribution in [0.3, 0.4) is 0 Å². The van der Waals surface area contributed by atoms with Crippen LogP contribution in [0, 0.1) is 5.92 Å². The van der Waals surface area contributed by atoms with Gasteiger partial charge in [0.2, 0.25) is 11.9 Å². The lowest BCUT2D eigenvalue weighted by molar-refractivity contribution is -0.115. The summed E-state index contributed by atoms with van der Waals surface area (Å²) in [6.07, 6.45) is 1.88. The van der Waals surface area contributed by atoms with Gasteiger partial charge in [-0.05, 0) is 11.7 Å². The minimum Gasteiger partial charge on any atom is -0.295 e. The lowest BCUT2D eigenvalue weighted by atomic mass is 10.3. The van der Waals surface area contributed by atoms with Gasteiger partial charge in [0.05, 0.1) is 0 Å². The first-order chi connectivity index (χ1) is 7.18. The second kappa shape index (κ2) is 6.44. The maximum Gasteiger partial charge on any atom is 0.227 e. The van der Waals surface area contributed by atoms with Gasteiger partial charge in [-0.2, -0.15) is 21.8 Å². The van der Waals surface area contributed by atoms with E-state index in [4.69, 9.17) is 0 Å². The molecule has 0 radical (unpaired) electrons. The van der Waals surface area contributed by atoms with Gasteiger partial charge in [0.15, 0.2) is 0 Å². The summed E-state index contributed by atoms with van der Waals surface area (Å²) in [5, 5.41) is 8.84. The van der Waals surface area contributed by atoms with Gasteiger partial charge >= 0.3 is 0 Å². The van der Waals surface area contributed by atoms with Crippen molar-refractivity contribution in [1.29, 1.82) is 0 Å². The molecule has 0 saturated carbocycles. The highest BCUT2D eigenvalue weighted by atomic mass is 32.2. The first-order valence-corrected chi connectivity index (χ1v) is 6.07. The summed E-state index contributed by atoms with van der Waals surface area (Å²) in [6.45, 7) is 4.34. The van der Waals surface area contributed by atoms with Crippen molar-refractivity contribution >= 4 is 23.6 Å². The first kappa shape index (κ1) is 12.0. The van der Waals surface area contributed by atoms with Crippen LogP contribution < -0.4 is 5.32 Å². The normalized spacial score (nSPS) is 10.6. The van der Waals surface area contributed by atoms with Gasteiger partial charge in [-0.3, -0.25) is 10.1 Å². The number of aromatic nitrogens is 3. The lowest BCUT2D eigenvalue weighted by Gasteiger charge is -2.04. The van der Waals surface area contributed by atoms with Crippen LogP contribution in [0.25, 0.3) is 0 Å². The third-order valence-corrected chi connectivity index (χ3v) is 2.99. The zero-order chi connectivity index (χ0) is 11.1. The Hall–Kier alpha value is -1.04. The van der Waals surface area contributed by atoms with Gasteiger partial charge in [-0.25, -0.2) is 5.10 Å². The zero-order valence-electron chi connectivity index (χ0n) is 8.99. The summed E-state index contributed by atoms with van der Waals surface area (Å²) in [5.74, 6) is 3.00. The summed E-state index contributed by atoms with van der Waals surface area (Å²) < 4.78 is 0. The number of hydrogen-bond donors (Lipinski definition) is 2. The molecular formula is C9H16N4OS. The molecule has 0 aliphatic rings. The van der Waals surface area contributed by atoms with Crippen LogP contribution in [0.5, 0.6) is 0 Å². The number of aromatic amines is 1. The topological polar surface area (TPSA) is 70.7 Å². The molecule has 0 saturated heterocycles. The molecule has 84 valence electrons. The Morgan fingerprint density at radius 2 is 2.47 bits per heavy atom. The molecule has 0 aromatic carbocycles. The number of carbonyl (C=O) groups is 1. The second-order valence-electron chi connectivity index (χ2n) is 3.60. The van der Waals surface area contributed by atoms with Crippen molar-refractivity contribution in [2.45, 2.75) is 20.3 Å². The fourth-order valence-electron chi connectivity index (χ4n) is 0.944. The minimum absolute atomic E-state index is 0.0250. The molecule has 0 spiro atoms. The molecule has 6 heteroatoms. The van der Waals surface area contributed by atoms with E-state index in [1.54, 1.807) is 11.8 Å². The highest BCUT2D eigenvalue weighted by Gasteiger charge is 2.04. The Morgan fingerprint density at radius 1 is 1.67 bits per heavy atom. The standard InChI is InChI=1S/C9H16N4OS/c1-7(2)5-15-4-3-8(14)12-9-10-6-11-13-9/h6-7H,3-5H2,1-2H3,(H2,10,11,12,13,14). The third kappa shape index (κ3) is 5.41. The number of anilines is 1. The molecule has 0 bridgehead atoms. The lowest BCUT2D eigenvalue weighted by Crippen LogP contribution is -2.13. The van der Waals surface area contributed by atoms with E-state index < -0.39 is 0 Å². The largest absolute Gasteiger partial charge is 0.295 e. The Morgan fingerprint density at radius 3 is 3.07 bits per heavy atom. The Labute approximate surface area is 93.4 Å². The van der Waals surface area contributed by atoms with Crippen molar-refractivity contribution in [3.8, 4) is 0 Å². The first-order valence-electron chi connectivity index (χ1n) is 4.91. The molecular weight excluding hydrogens is 212 g/mol. The van der Waals surface area contributed by atoms with E-state index in [2.05, 4.69) is 34.3 Å². The average molecular weight is 228 g/mol. The summed E-state index contributed by atoms with van der Waals surface area (Å²) >= 11 is 1.80. The summed E-state index contributed by atoms with van der Waals surface area (Å²) in [5.41, 5.74) is 0. The number of rotatable bonds is 6. The molecule has 1 aromatic rings. The van der Waals surface area contributed by atoms with E-state index in [1.165, 1.54) is 6.33 Å². The van der Waals surface area contributed by atoms with Crippen molar-refractivity contribution in [3.05, 3.63) is 6.33 Å². The predicted molar refractivity (Wildman–Crippen MR) is 61.8 cm³/mol. The molecule has 0 fully saturated rings. The number of amides is 1. The molecule has 2 N–H and O–H groups in total. The van der Waals surface area contributed by atoms with Crippen LogP contribution in [0.1, 0.15) is 20.3 Å². The molecule has 1 heterocycles.